The van der Waals surface area contributed by atoms with Gasteiger partial charge < -0.3 is 15.3 Å². The third kappa shape index (κ3) is 3.33. The lowest BCUT2D eigenvalue weighted by atomic mass is 9.61. The third-order valence-electron chi connectivity index (χ3n) is 6.63. The van der Waals surface area contributed by atoms with Gasteiger partial charge in [0.15, 0.2) is 5.60 Å². The van der Waals surface area contributed by atoms with E-state index in [9.17, 15) is 15.0 Å². The van der Waals surface area contributed by atoms with Crippen LogP contribution in [0.2, 0.25) is 0 Å². The lowest BCUT2D eigenvalue weighted by Crippen LogP contribution is -2.41. The third-order valence-corrected chi connectivity index (χ3v) is 6.63. The summed E-state index contributed by atoms with van der Waals surface area (Å²) < 4.78 is 0. The van der Waals surface area contributed by atoms with Gasteiger partial charge in [0.05, 0.1) is 6.10 Å². The number of hydrogen-bond donors (Lipinski definition) is 3. The number of fused-ring (bicyclic) bond motifs is 1. The highest BCUT2D eigenvalue weighted by molar-refractivity contribution is 5.76. The van der Waals surface area contributed by atoms with Crippen molar-refractivity contribution in [2.24, 2.45) is 23.2 Å². The second-order valence-electron chi connectivity index (χ2n) is 8.20. The Morgan fingerprint density at radius 2 is 2.05 bits per heavy atom. The average molecular weight is 312 g/mol. The van der Waals surface area contributed by atoms with E-state index in [1.54, 1.807) is 0 Å². The molecule has 2 aliphatic carbocycles. The highest BCUT2D eigenvalue weighted by atomic mass is 16.4. The van der Waals surface area contributed by atoms with Crippen LogP contribution in [0.3, 0.4) is 0 Å². The SMILES string of the molecule is C[C@H](CCC[C@](C)(O)C(=O)O)[C@H]1CCC2C(O)CCC[C@@]21C. The van der Waals surface area contributed by atoms with E-state index in [0.717, 1.165) is 32.1 Å². The fraction of sp³-hybridized carbons (Fsp3) is 0.944. The maximum absolute atomic E-state index is 11.0. The molecule has 22 heavy (non-hydrogen) atoms. The van der Waals surface area contributed by atoms with Crippen LogP contribution in [0.4, 0.5) is 0 Å². The van der Waals surface area contributed by atoms with Crippen LogP contribution in [-0.2, 0) is 4.79 Å². The Kier molecular flexibility index (Phi) is 5.23. The molecule has 0 aromatic rings. The number of carboxylic acid groups (broad SMARTS) is 1. The van der Waals surface area contributed by atoms with Crippen LogP contribution in [0.15, 0.2) is 0 Å². The fourth-order valence-corrected chi connectivity index (χ4v) is 5.20. The van der Waals surface area contributed by atoms with Crippen LogP contribution < -0.4 is 0 Å². The first kappa shape index (κ1) is 17.7. The first-order valence-corrected chi connectivity index (χ1v) is 8.82. The van der Waals surface area contributed by atoms with Crippen molar-refractivity contribution in [3.05, 3.63) is 0 Å². The summed E-state index contributed by atoms with van der Waals surface area (Å²) >= 11 is 0. The van der Waals surface area contributed by atoms with Crippen LogP contribution >= 0.6 is 0 Å². The molecule has 0 aromatic carbocycles. The van der Waals surface area contributed by atoms with Gasteiger partial charge in [-0.25, -0.2) is 4.79 Å². The van der Waals surface area contributed by atoms with E-state index in [-0.39, 0.29) is 11.5 Å². The summed E-state index contributed by atoms with van der Waals surface area (Å²) in [6.45, 7) is 5.99. The maximum atomic E-state index is 11.0. The van der Waals surface area contributed by atoms with E-state index in [4.69, 9.17) is 5.11 Å². The highest BCUT2D eigenvalue weighted by Gasteiger charge is 2.52. The summed E-state index contributed by atoms with van der Waals surface area (Å²) in [7, 11) is 0. The Hall–Kier alpha value is -0.610. The van der Waals surface area contributed by atoms with Gasteiger partial charge in [-0.2, -0.15) is 0 Å². The van der Waals surface area contributed by atoms with Gasteiger partial charge in [-0.3, -0.25) is 0 Å². The van der Waals surface area contributed by atoms with Crippen LogP contribution in [-0.4, -0.2) is 33.0 Å². The zero-order valence-electron chi connectivity index (χ0n) is 14.2. The molecule has 3 N–H and O–H groups in total. The summed E-state index contributed by atoms with van der Waals surface area (Å²) in [5, 5.41) is 29.1. The standard InChI is InChI=1S/C18H32O4/c1-12(6-4-11-18(3,22)16(20)21)13-8-9-14-15(19)7-5-10-17(13,14)2/h12-15,19,22H,4-11H2,1-3H3,(H,20,21)/t12-,13-,14?,15?,17-,18+/m1/s1. The van der Waals surface area contributed by atoms with Crippen molar-refractivity contribution in [2.75, 3.05) is 0 Å². The van der Waals surface area contributed by atoms with Crippen molar-refractivity contribution in [2.45, 2.75) is 83.8 Å². The second-order valence-corrected chi connectivity index (χ2v) is 8.20. The largest absolute Gasteiger partial charge is 0.479 e. The van der Waals surface area contributed by atoms with Gasteiger partial charge >= 0.3 is 5.97 Å². The molecule has 2 aliphatic rings. The Morgan fingerprint density at radius 1 is 1.36 bits per heavy atom. The number of aliphatic hydroxyl groups excluding tert-OH is 1. The minimum atomic E-state index is -1.61. The van der Waals surface area contributed by atoms with Crippen molar-refractivity contribution in [1.82, 2.24) is 0 Å². The van der Waals surface area contributed by atoms with E-state index in [1.807, 2.05) is 0 Å². The molecule has 2 unspecified atom stereocenters. The number of carboxylic acids is 1. The van der Waals surface area contributed by atoms with Crippen LogP contribution in [0.5, 0.6) is 0 Å². The van der Waals surface area contributed by atoms with Crippen LogP contribution in [0.1, 0.15) is 72.1 Å². The number of aliphatic hydroxyl groups is 2. The van der Waals surface area contributed by atoms with Gasteiger partial charge in [0.2, 0.25) is 0 Å². The second kappa shape index (κ2) is 6.48. The summed E-state index contributed by atoms with van der Waals surface area (Å²) in [5.74, 6) is 0.436. The highest BCUT2D eigenvalue weighted by Crippen LogP contribution is 2.58. The van der Waals surface area contributed by atoms with Gasteiger partial charge in [-0.15, -0.1) is 0 Å². The Balaban J connectivity index is 1.90. The Bertz CT molecular complexity index is 406. The Labute approximate surface area is 133 Å². The minimum Gasteiger partial charge on any atom is -0.479 e. The van der Waals surface area contributed by atoms with E-state index in [0.29, 0.717) is 24.2 Å². The molecule has 128 valence electrons. The van der Waals surface area contributed by atoms with Gasteiger partial charge in [-0.05, 0) is 68.6 Å². The molecule has 0 radical (unpaired) electrons. The molecule has 0 saturated heterocycles. The molecule has 2 rings (SSSR count). The predicted octanol–water partition coefficient (Wildman–Crippen LogP) is 3.21. The van der Waals surface area contributed by atoms with Gasteiger partial charge in [0.1, 0.15) is 0 Å². The molecular formula is C18H32O4. The molecule has 0 aromatic heterocycles. The first-order chi connectivity index (χ1) is 10.2. The monoisotopic (exact) mass is 312 g/mol. The van der Waals surface area contributed by atoms with Crippen molar-refractivity contribution in [1.29, 1.82) is 0 Å². The summed E-state index contributed by atoms with van der Waals surface area (Å²) in [6, 6.07) is 0. The normalized spacial score (nSPS) is 39.0. The number of carbonyl (C=O) groups is 1. The molecule has 2 fully saturated rings. The number of aliphatic carboxylic acids is 1. The summed E-state index contributed by atoms with van der Waals surface area (Å²) in [5.41, 5.74) is -1.37. The minimum absolute atomic E-state index is 0.135. The molecule has 0 bridgehead atoms. The Morgan fingerprint density at radius 3 is 2.68 bits per heavy atom. The van der Waals surface area contributed by atoms with Gasteiger partial charge in [0, 0.05) is 0 Å². The van der Waals surface area contributed by atoms with Crippen LogP contribution in [0.25, 0.3) is 0 Å². The van der Waals surface area contributed by atoms with Gasteiger partial charge in [0.25, 0.3) is 0 Å². The van der Waals surface area contributed by atoms with Crippen molar-refractivity contribution >= 4 is 5.97 Å². The fourth-order valence-electron chi connectivity index (χ4n) is 5.20. The maximum Gasteiger partial charge on any atom is 0.335 e. The summed E-state index contributed by atoms with van der Waals surface area (Å²) in [4.78, 5) is 11.0. The molecule has 0 spiro atoms. The van der Waals surface area contributed by atoms with Crippen molar-refractivity contribution in [3.8, 4) is 0 Å². The van der Waals surface area contributed by atoms with E-state index in [1.165, 1.54) is 19.8 Å². The first-order valence-electron chi connectivity index (χ1n) is 8.82. The molecule has 0 aliphatic heterocycles. The van der Waals surface area contributed by atoms with Crippen molar-refractivity contribution < 1.29 is 20.1 Å². The lowest BCUT2D eigenvalue weighted by molar-refractivity contribution is -0.157. The zero-order valence-corrected chi connectivity index (χ0v) is 14.2. The quantitative estimate of drug-likeness (QED) is 0.704. The molecule has 2 saturated carbocycles. The molecule has 4 nitrogen and oxygen atoms in total. The van der Waals surface area contributed by atoms with E-state index >= 15 is 0 Å². The topological polar surface area (TPSA) is 77.8 Å². The number of rotatable bonds is 6. The van der Waals surface area contributed by atoms with Crippen molar-refractivity contribution in [3.63, 3.8) is 0 Å². The molecule has 0 heterocycles. The number of hydrogen-bond acceptors (Lipinski definition) is 3. The molecular weight excluding hydrogens is 280 g/mol. The predicted molar refractivity (Wildman–Crippen MR) is 85.5 cm³/mol. The van der Waals surface area contributed by atoms with Gasteiger partial charge in [-0.1, -0.05) is 26.7 Å². The van der Waals surface area contributed by atoms with E-state index in [2.05, 4.69) is 13.8 Å². The van der Waals surface area contributed by atoms with Crippen LogP contribution in [0, 0.1) is 23.2 Å². The zero-order chi connectivity index (χ0) is 16.5. The van der Waals surface area contributed by atoms with E-state index < -0.39 is 11.6 Å². The molecule has 0 amide bonds. The average Bonchev–Trinajstić information content (AvgIpc) is 2.76. The smallest absolute Gasteiger partial charge is 0.335 e. The molecule has 6 atom stereocenters. The lowest BCUT2D eigenvalue weighted by Gasteiger charge is -2.45. The summed E-state index contributed by atoms with van der Waals surface area (Å²) in [6.07, 6.45) is 7.43. The molecule has 4 heteroatoms.